The van der Waals surface area contributed by atoms with Crippen LogP contribution in [0.4, 0.5) is 0 Å². The van der Waals surface area contributed by atoms with E-state index in [0.29, 0.717) is 17.4 Å². The highest BCUT2D eigenvalue weighted by Gasteiger charge is 2.08. The van der Waals surface area contributed by atoms with E-state index in [9.17, 15) is 0 Å². The van der Waals surface area contributed by atoms with Gasteiger partial charge in [0.25, 0.3) is 0 Å². The zero-order valence-corrected chi connectivity index (χ0v) is 7.76. The predicted octanol–water partition coefficient (Wildman–Crippen LogP) is 0.844. The summed E-state index contributed by atoms with van der Waals surface area (Å²) in [4.78, 5) is 12.0. The van der Waals surface area contributed by atoms with Crippen molar-refractivity contribution in [2.45, 2.75) is 6.92 Å². The monoisotopic (exact) mass is 192 g/mol. The van der Waals surface area contributed by atoms with E-state index in [1.54, 1.807) is 19.2 Å². The average Bonchev–Trinajstić information content (AvgIpc) is 2.65. The van der Waals surface area contributed by atoms with Gasteiger partial charge in [-0.15, -0.1) is 0 Å². The van der Waals surface area contributed by atoms with E-state index in [1.165, 1.54) is 7.11 Å². The van der Waals surface area contributed by atoms with Gasteiger partial charge < -0.3 is 9.26 Å². The van der Waals surface area contributed by atoms with Crippen molar-refractivity contribution < 1.29 is 9.26 Å². The molecular weight excluding hydrogens is 184 g/mol. The number of hydrogen-bond donors (Lipinski definition) is 0. The summed E-state index contributed by atoms with van der Waals surface area (Å²) >= 11 is 0. The number of aryl methyl sites for hydroxylation is 1. The first kappa shape index (κ1) is 8.61. The van der Waals surface area contributed by atoms with Crippen molar-refractivity contribution in [1.29, 1.82) is 0 Å². The smallest absolute Gasteiger partial charge is 0.316 e. The lowest BCUT2D eigenvalue weighted by Crippen LogP contribution is -1.93. The first-order valence-corrected chi connectivity index (χ1v) is 3.97. The van der Waals surface area contributed by atoms with Gasteiger partial charge in [-0.05, 0) is 6.07 Å². The van der Waals surface area contributed by atoms with Crippen LogP contribution < -0.4 is 4.74 Å². The molecule has 6 nitrogen and oxygen atoms in total. The van der Waals surface area contributed by atoms with E-state index in [0.717, 1.165) is 0 Å². The summed E-state index contributed by atoms with van der Waals surface area (Å²) in [5.74, 6) is 0.931. The van der Waals surface area contributed by atoms with Crippen LogP contribution in [0.1, 0.15) is 5.89 Å². The standard InChI is InChI=1S/C8H8N4O2/c1-5-10-7(12-14-5)6-3-4-9-8(11-6)13-2/h3-4H,1-2H3. The molecule has 0 aliphatic carbocycles. The average molecular weight is 192 g/mol. The van der Waals surface area contributed by atoms with Gasteiger partial charge in [0, 0.05) is 13.1 Å². The second-order valence-electron chi connectivity index (χ2n) is 2.57. The van der Waals surface area contributed by atoms with Gasteiger partial charge in [-0.25, -0.2) is 4.98 Å². The van der Waals surface area contributed by atoms with Crippen LogP contribution in [-0.4, -0.2) is 27.2 Å². The third-order valence-corrected chi connectivity index (χ3v) is 1.57. The molecule has 0 amide bonds. The van der Waals surface area contributed by atoms with E-state index in [2.05, 4.69) is 20.1 Å². The number of nitrogens with zero attached hydrogens (tertiary/aromatic N) is 4. The summed E-state index contributed by atoms with van der Waals surface area (Å²) in [5.41, 5.74) is 0.578. The Kier molecular flexibility index (Phi) is 2.10. The maximum atomic E-state index is 4.87. The van der Waals surface area contributed by atoms with Gasteiger partial charge in [-0.2, -0.15) is 9.97 Å². The molecule has 0 saturated carbocycles. The van der Waals surface area contributed by atoms with Crippen molar-refractivity contribution >= 4 is 0 Å². The van der Waals surface area contributed by atoms with Crippen LogP contribution >= 0.6 is 0 Å². The number of ether oxygens (including phenoxy) is 1. The summed E-state index contributed by atoms with van der Waals surface area (Å²) < 4.78 is 9.70. The number of methoxy groups -OCH3 is 1. The predicted molar refractivity (Wildman–Crippen MR) is 46.6 cm³/mol. The lowest BCUT2D eigenvalue weighted by molar-refractivity contribution is 0.379. The van der Waals surface area contributed by atoms with E-state index in [1.807, 2.05) is 0 Å². The maximum absolute atomic E-state index is 4.87. The van der Waals surface area contributed by atoms with Crippen LogP contribution in [0, 0.1) is 6.92 Å². The SMILES string of the molecule is COc1nccc(-c2noc(C)n2)n1. The molecule has 2 heterocycles. The molecule has 0 fully saturated rings. The molecule has 0 N–H and O–H groups in total. The minimum absolute atomic E-state index is 0.282. The molecule has 0 aliphatic heterocycles. The summed E-state index contributed by atoms with van der Waals surface area (Å²) in [6.07, 6.45) is 1.58. The van der Waals surface area contributed by atoms with Crippen molar-refractivity contribution in [1.82, 2.24) is 20.1 Å². The van der Waals surface area contributed by atoms with Crippen molar-refractivity contribution in [3.05, 3.63) is 18.2 Å². The topological polar surface area (TPSA) is 73.9 Å². The normalized spacial score (nSPS) is 10.1. The van der Waals surface area contributed by atoms with E-state index >= 15 is 0 Å². The van der Waals surface area contributed by atoms with Crippen molar-refractivity contribution in [3.8, 4) is 17.5 Å². The molecule has 2 rings (SSSR count). The van der Waals surface area contributed by atoms with Crippen LogP contribution in [0.15, 0.2) is 16.8 Å². The fourth-order valence-electron chi connectivity index (χ4n) is 0.967. The summed E-state index contributed by atoms with van der Waals surface area (Å²) in [5, 5.41) is 3.73. The molecule has 0 atom stereocenters. The van der Waals surface area contributed by atoms with Gasteiger partial charge in [0.15, 0.2) is 0 Å². The summed E-state index contributed by atoms with van der Waals surface area (Å²) in [6, 6.07) is 1.97. The van der Waals surface area contributed by atoms with Gasteiger partial charge >= 0.3 is 6.01 Å². The maximum Gasteiger partial charge on any atom is 0.316 e. The Morgan fingerprint density at radius 3 is 2.86 bits per heavy atom. The number of hydrogen-bond acceptors (Lipinski definition) is 6. The molecule has 0 saturated heterocycles. The first-order valence-electron chi connectivity index (χ1n) is 3.97. The largest absolute Gasteiger partial charge is 0.467 e. The fraction of sp³-hybridized carbons (Fsp3) is 0.250. The molecule has 14 heavy (non-hydrogen) atoms. The highest BCUT2D eigenvalue weighted by molar-refractivity contribution is 5.47. The molecule has 0 aliphatic rings. The zero-order chi connectivity index (χ0) is 9.97. The quantitative estimate of drug-likeness (QED) is 0.702. The van der Waals surface area contributed by atoms with Crippen LogP contribution in [0.5, 0.6) is 6.01 Å². The minimum Gasteiger partial charge on any atom is -0.467 e. The van der Waals surface area contributed by atoms with E-state index < -0.39 is 0 Å². The molecule has 2 aromatic heterocycles. The second-order valence-corrected chi connectivity index (χ2v) is 2.57. The molecular formula is C8H8N4O2. The van der Waals surface area contributed by atoms with Crippen LogP contribution in [0.2, 0.25) is 0 Å². The Bertz CT molecular complexity index is 440. The van der Waals surface area contributed by atoms with Crippen LogP contribution in [0.3, 0.4) is 0 Å². The second kappa shape index (κ2) is 3.41. The van der Waals surface area contributed by atoms with Crippen LogP contribution in [-0.2, 0) is 0 Å². The number of aromatic nitrogens is 4. The Hall–Kier alpha value is -1.98. The van der Waals surface area contributed by atoms with Gasteiger partial charge in [-0.1, -0.05) is 5.16 Å². The molecule has 72 valence electrons. The highest BCUT2D eigenvalue weighted by Crippen LogP contribution is 2.13. The molecule has 0 radical (unpaired) electrons. The molecule has 0 spiro atoms. The molecule has 2 aromatic rings. The lowest BCUT2D eigenvalue weighted by Gasteiger charge is -1.97. The van der Waals surface area contributed by atoms with Gasteiger partial charge in [0.2, 0.25) is 11.7 Å². The Morgan fingerprint density at radius 1 is 1.36 bits per heavy atom. The Labute approximate surface area is 80.0 Å². The third kappa shape index (κ3) is 1.54. The Morgan fingerprint density at radius 2 is 2.21 bits per heavy atom. The highest BCUT2D eigenvalue weighted by atomic mass is 16.5. The number of rotatable bonds is 2. The Balaban J connectivity index is 2.41. The van der Waals surface area contributed by atoms with Gasteiger partial charge in [0.05, 0.1) is 7.11 Å². The van der Waals surface area contributed by atoms with E-state index in [-0.39, 0.29) is 6.01 Å². The molecule has 6 heteroatoms. The molecule has 0 aromatic carbocycles. The van der Waals surface area contributed by atoms with Gasteiger partial charge in [-0.3, -0.25) is 0 Å². The van der Waals surface area contributed by atoms with E-state index in [4.69, 9.17) is 9.26 Å². The first-order chi connectivity index (χ1) is 6.79. The van der Waals surface area contributed by atoms with Crippen molar-refractivity contribution in [2.24, 2.45) is 0 Å². The molecule has 0 unspecified atom stereocenters. The lowest BCUT2D eigenvalue weighted by atomic mass is 10.4. The zero-order valence-electron chi connectivity index (χ0n) is 7.76. The van der Waals surface area contributed by atoms with Crippen molar-refractivity contribution in [2.75, 3.05) is 7.11 Å². The van der Waals surface area contributed by atoms with Crippen molar-refractivity contribution in [3.63, 3.8) is 0 Å². The van der Waals surface area contributed by atoms with Crippen LogP contribution in [0.25, 0.3) is 11.5 Å². The summed E-state index contributed by atoms with van der Waals surface area (Å²) in [7, 11) is 1.50. The molecule has 0 bridgehead atoms. The summed E-state index contributed by atoms with van der Waals surface area (Å²) in [6.45, 7) is 1.72. The fourth-order valence-corrected chi connectivity index (χ4v) is 0.967. The van der Waals surface area contributed by atoms with Gasteiger partial charge in [0.1, 0.15) is 5.69 Å². The third-order valence-electron chi connectivity index (χ3n) is 1.57. The minimum atomic E-state index is 0.282.